The van der Waals surface area contributed by atoms with Crippen LogP contribution >= 0.6 is 0 Å². The van der Waals surface area contributed by atoms with Crippen molar-refractivity contribution in [1.82, 2.24) is 0 Å². The van der Waals surface area contributed by atoms with Gasteiger partial charge in [-0.05, 0) is 35.6 Å². The minimum atomic E-state index is 0.462. The number of nitrogens with zero attached hydrogens (tertiary/aromatic N) is 1. The number of aryl methyl sites for hydroxylation is 1. The molecule has 1 heteroatoms. The normalized spacial score (nSPS) is 19.0. The summed E-state index contributed by atoms with van der Waals surface area (Å²) in [5.74, 6) is 0.462. The number of hydrogen-bond donors (Lipinski definition) is 0. The molecule has 0 saturated carbocycles. The molecule has 0 bridgehead atoms. The lowest BCUT2D eigenvalue weighted by molar-refractivity contribution is 0.939. The number of benzene rings is 1. The van der Waals surface area contributed by atoms with E-state index in [2.05, 4.69) is 73.5 Å². The zero-order valence-electron chi connectivity index (χ0n) is 11.0. The molecule has 0 aromatic heterocycles. The average Bonchev–Trinajstić information content (AvgIpc) is 2.61. The predicted octanol–water partition coefficient (Wildman–Crippen LogP) is 4.64. The van der Waals surface area contributed by atoms with Gasteiger partial charge >= 0.3 is 0 Å². The van der Waals surface area contributed by atoms with E-state index in [4.69, 9.17) is 0 Å². The quantitative estimate of drug-likeness (QED) is 0.679. The molecule has 0 amide bonds. The SMILES string of the molecule is CCc1ccc(N=CC2=CC(C)C=CC=C2)cc1. The number of allylic oxidation sites excluding steroid dienone is 6. The van der Waals surface area contributed by atoms with Crippen molar-refractivity contribution in [3.05, 3.63) is 65.8 Å². The monoisotopic (exact) mass is 237 g/mol. The van der Waals surface area contributed by atoms with Gasteiger partial charge in [0.25, 0.3) is 0 Å². The molecule has 0 heterocycles. The maximum Gasteiger partial charge on any atom is 0.0630 e. The number of aliphatic imine (C=N–C) groups is 1. The zero-order valence-corrected chi connectivity index (χ0v) is 11.0. The summed E-state index contributed by atoms with van der Waals surface area (Å²) in [6.07, 6.45) is 13.6. The smallest absolute Gasteiger partial charge is 0.0630 e. The fourth-order valence-corrected chi connectivity index (χ4v) is 1.87. The van der Waals surface area contributed by atoms with Crippen LogP contribution in [0.1, 0.15) is 19.4 Å². The first-order chi connectivity index (χ1) is 8.78. The van der Waals surface area contributed by atoms with E-state index in [-0.39, 0.29) is 0 Å². The molecule has 1 aromatic carbocycles. The summed E-state index contributed by atoms with van der Waals surface area (Å²) in [7, 11) is 0. The van der Waals surface area contributed by atoms with Crippen LogP contribution in [-0.4, -0.2) is 6.21 Å². The second kappa shape index (κ2) is 6.15. The van der Waals surface area contributed by atoms with Crippen molar-refractivity contribution in [2.75, 3.05) is 0 Å². The van der Waals surface area contributed by atoms with Gasteiger partial charge in [0.2, 0.25) is 0 Å². The van der Waals surface area contributed by atoms with Gasteiger partial charge in [-0.1, -0.05) is 56.4 Å². The Labute approximate surface area is 109 Å². The molecule has 0 N–H and O–H groups in total. The summed E-state index contributed by atoms with van der Waals surface area (Å²) in [6, 6.07) is 8.40. The van der Waals surface area contributed by atoms with Gasteiger partial charge < -0.3 is 0 Å². The summed E-state index contributed by atoms with van der Waals surface area (Å²) >= 11 is 0. The summed E-state index contributed by atoms with van der Waals surface area (Å²) in [6.45, 7) is 4.33. The zero-order chi connectivity index (χ0) is 12.8. The van der Waals surface area contributed by atoms with Crippen molar-refractivity contribution in [1.29, 1.82) is 0 Å². The van der Waals surface area contributed by atoms with Crippen LogP contribution in [0.2, 0.25) is 0 Å². The summed E-state index contributed by atoms with van der Waals surface area (Å²) in [5.41, 5.74) is 3.51. The van der Waals surface area contributed by atoms with Gasteiger partial charge in [0, 0.05) is 6.21 Å². The molecule has 1 aromatic rings. The molecule has 1 nitrogen and oxygen atoms in total. The van der Waals surface area contributed by atoms with E-state index >= 15 is 0 Å². The first kappa shape index (κ1) is 12.6. The summed E-state index contributed by atoms with van der Waals surface area (Å²) < 4.78 is 0. The van der Waals surface area contributed by atoms with Gasteiger partial charge in [-0.25, -0.2) is 0 Å². The van der Waals surface area contributed by atoms with Gasteiger partial charge in [0.1, 0.15) is 0 Å². The molecule has 1 aliphatic carbocycles. The Morgan fingerprint density at radius 3 is 2.67 bits per heavy atom. The molecule has 0 spiro atoms. The first-order valence-corrected chi connectivity index (χ1v) is 6.47. The van der Waals surface area contributed by atoms with Gasteiger partial charge in [-0.15, -0.1) is 0 Å². The number of hydrogen-bond acceptors (Lipinski definition) is 1. The van der Waals surface area contributed by atoms with Crippen LogP contribution in [0.3, 0.4) is 0 Å². The van der Waals surface area contributed by atoms with E-state index in [0.29, 0.717) is 5.92 Å². The summed E-state index contributed by atoms with van der Waals surface area (Å²) in [4.78, 5) is 4.51. The largest absolute Gasteiger partial charge is 0.256 e. The predicted molar refractivity (Wildman–Crippen MR) is 79.5 cm³/mol. The molecule has 92 valence electrons. The minimum absolute atomic E-state index is 0.462. The van der Waals surface area contributed by atoms with Crippen LogP contribution in [0.5, 0.6) is 0 Å². The van der Waals surface area contributed by atoms with Crippen molar-refractivity contribution in [2.24, 2.45) is 10.9 Å². The van der Waals surface area contributed by atoms with Gasteiger partial charge in [-0.2, -0.15) is 0 Å². The Morgan fingerprint density at radius 1 is 1.17 bits per heavy atom. The molecular formula is C17H19N. The fourth-order valence-electron chi connectivity index (χ4n) is 1.87. The van der Waals surface area contributed by atoms with E-state index in [0.717, 1.165) is 17.7 Å². The standard InChI is InChI=1S/C17H19N/c1-3-15-8-10-17(11-9-15)18-13-16-7-5-4-6-14(2)12-16/h4-14H,3H2,1-2H3. The molecule has 0 saturated heterocycles. The van der Waals surface area contributed by atoms with E-state index in [1.165, 1.54) is 5.56 Å². The van der Waals surface area contributed by atoms with Crippen molar-refractivity contribution >= 4 is 11.9 Å². The van der Waals surface area contributed by atoms with E-state index in [1.807, 2.05) is 6.21 Å². The van der Waals surface area contributed by atoms with Crippen LogP contribution in [0.4, 0.5) is 5.69 Å². The molecule has 0 fully saturated rings. The Balaban J connectivity index is 2.10. The highest BCUT2D eigenvalue weighted by Crippen LogP contribution is 2.15. The molecule has 18 heavy (non-hydrogen) atoms. The lowest BCUT2D eigenvalue weighted by Crippen LogP contribution is -1.86. The van der Waals surface area contributed by atoms with Crippen LogP contribution < -0.4 is 0 Å². The van der Waals surface area contributed by atoms with E-state index in [9.17, 15) is 0 Å². The Hall–Kier alpha value is -1.89. The Bertz CT molecular complexity index is 501. The maximum atomic E-state index is 4.51. The molecule has 1 unspecified atom stereocenters. The number of rotatable bonds is 3. The van der Waals surface area contributed by atoms with Crippen LogP contribution in [-0.2, 0) is 6.42 Å². The first-order valence-electron chi connectivity index (χ1n) is 6.47. The van der Waals surface area contributed by atoms with Crippen LogP contribution in [0.25, 0.3) is 0 Å². The highest BCUT2D eigenvalue weighted by Gasteiger charge is 1.97. The molecule has 2 rings (SSSR count). The fraction of sp³-hybridized carbons (Fsp3) is 0.235. The third kappa shape index (κ3) is 3.56. The second-order valence-corrected chi connectivity index (χ2v) is 4.55. The lowest BCUT2D eigenvalue weighted by Gasteiger charge is -1.99. The van der Waals surface area contributed by atoms with E-state index < -0.39 is 0 Å². The molecule has 0 aliphatic heterocycles. The molecule has 1 atom stereocenters. The Kier molecular flexibility index (Phi) is 4.30. The topological polar surface area (TPSA) is 12.4 Å². The Morgan fingerprint density at radius 2 is 1.94 bits per heavy atom. The average molecular weight is 237 g/mol. The summed E-state index contributed by atoms with van der Waals surface area (Å²) in [5, 5.41) is 0. The van der Waals surface area contributed by atoms with Crippen molar-refractivity contribution in [3.63, 3.8) is 0 Å². The van der Waals surface area contributed by atoms with Gasteiger partial charge in [0.05, 0.1) is 5.69 Å². The maximum absolute atomic E-state index is 4.51. The van der Waals surface area contributed by atoms with Crippen molar-refractivity contribution < 1.29 is 0 Å². The highest BCUT2D eigenvalue weighted by molar-refractivity contribution is 5.84. The van der Waals surface area contributed by atoms with Gasteiger partial charge in [-0.3, -0.25) is 4.99 Å². The second-order valence-electron chi connectivity index (χ2n) is 4.55. The van der Waals surface area contributed by atoms with Crippen molar-refractivity contribution in [2.45, 2.75) is 20.3 Å². The molecular weight excluding hydrogens is 218 g/mol. The molecule has 1 aliphatic rings. The van der Waals surface area contributed by atoms with Crippen LogP contribution in [0, 0.1) is 5.92 Å². The molecule has 0 radical (unpaired) electrons. The van der Waals surface area contributed by atoms with Gasteiger partial charge in [0.15, 0.2) is 0 Å². The van der Waals surface area contributed by atoms with Crippen LogP contribution in [0.15, 0.2) is 65.2 Å². The van der Waals surface area contributed by atoms with E-state index in [1.54, 1.807) is 0 Å². The minimum Gasteiger partial charge on any atom is -0.256 e. The van der Waals surface area contributed by atoms with Crippen molar-refractivity contribution in [3.8, 4) is 0 Å². The lowest BCUT2D eigenvalue weighted by atomic mass is 10.1. The third-order valence-corrected chi connectivity index (χ3v) is 2.98. The third-order valence-electron chi connectivity index (χ3n) is 2.98. The highest BCUT2D eigenvalue weighted by atomic mass is 14.7.